The van der Waals surface area contributed by atoms with Crippen LogP contribution in [-0.4, -0.2) is 12.5 Å². The number of amides is 1. The van der Waals surface area contributed by atoms with Crippen LogP contribution in [0.2, 0.25) is 5.02 Å². The standard InChI is InChI=1S/C16H14BrClN2O/c17-11-4-6-13(14(18)8-11)16(21)20-12-5-3-10-2-1-7-19-15(10)9-12/h3-6,8-9,19H,1-2,7H2,(H,20,21). The van der Waals surface area contributed by atoms with Crippen molar-refractivity contribution in [3.63, 3.8) is 0 Å². The van der Waals surface area contributed by atoms with Crippen LogP contribution < -0.4 is 10.6 Å². The van der Waals surface area contributed by atoms with Crippen molar-refractivity contribution < 1.29 is 4.79 Å². The predicted molar refractivity (Wildman–Crippen MR) is 90.4 cm³/mol. The molecule has 2 aromatic carbocycles. The summed E-state index contributed by atoms with van der Waals surface area (Å²) in [6.07, 6.45) is 2.22. The van der Waals surface area contributed by atoms with Gasteiger partial charge in [0.2, 0.25) is 0 Å². The van der Waals surface area contributed by atoms with Crippen LogP contribution in [0.1, 0.15) is 22.3 Å². The van der Waals surface area contributed by atoms with Gasteiger partial charge in [0.25, 0.3) is 5.91 Å². The van der Waals surface area contributed by atoms with Crippen LogP contribution in [0.5, 0.6) is 0 Å². The molecule has 0 bridgehead atoms. The molecule has 1 heterocycles. The van der Waals surface area contributed by atoms with Crippen LogP contribution in [0.25, 0.3) is 0 Å². The number of halogens is 2. The van der Waals surface area contributed by atoms with Crippen LogP contribution in [0.15, 0.2) is 40.9 Å². The van der Waals surface area contributed by atoms with Crippen molar-refractivity contribution in [2.24, 2.45) is 0 Å². The lowest BCUT2D eigenvalue weighted by Gasteiger charge is -2.19. The number of carbonyl (C=O) groups excluding carboxylic acids is 1. The van der Waals surface area contributed by atoms with Crippen LogP contribution in [-0.2, 0) is 6.42 Å². The number of hydrogen-bond donors (Lipinski definition) is 2. The molecule has 0 aromatic heterocycles. The highest BCUT2D eigenvalue weighted by Gasteiger charge is 2.13. The summed E-state index contributed by atoms with van der Waals surface area (Å²) in [5.74, 6) is -0.205. The predicted octanol–water partition coefficient (Wildman–Crippen LogP) is 4.71. The van der Waals surface area contributed by atoms with E-state index in [9.17, 15) is 4.79 Å². The second-order valence-corrected chi connectivity index (χ2v) is 6.30. The number of nitrogens with one attached hydrogen (secondary N) is 2. The SMILES string of the molecule is O=C(Nc1ccc2c(c1)NCCC2)c1ccc(Br)cc1Cl. The van der Waals surface area contributed by atoms with Gasteiger partial charge in [-0.1, -0.05) is 33.6 Å². The van der Waals surface area contributed by atoms with Gasteiger partial charge >= 0.3 is 0 Å². The summed E-state index contributed by atoms with van der Waals surface area (Å²) in [6, 6.07) is 11.2. The average molecular weight is 366 g/mol. The van der Waals surface area contributed by atoms with Gasteiger partial charge in [0.1, 0.15) is 0 Å². The molecule has 0 spiro atoms. The normalized spacial score (nSPS) is 13.2. The maximum atomic E-state index is 12.3. The zero-order valence-electron chi connectivity index (χ0n) is 11.2. The Hall–Kier alpha value is -1.52. The Balaban J connectivity index is 1.81. The molecule has 2 N–H and O–H groups in total. The average Bonchev–Trinajstić information content (AvgIpc) is 2.47. The molecule has 1 aliphatic heterocycles. The molecule has 3 rings (SSSR count). The molecule has 0 saturated heterocycles. The molecule has 0 unspecified atom stereocenters. The van der Waals surface area contributed by atoms with Gasteiger partial charge in [-0.3, -0.25) is 4.79 Å². The summed E-state index contributed by atoms with van der Waals surface area (Å²) in [7, 11) is 0. The third-order valence-electron chi connectivity index (χ3n) is 3.48. The minimum absolute atomic E-state index is 0.205. The van der Waals surface area contributed by atoms with Crippen molar-refractivity contribution in [2.45, 2.75) is 12.8 Å². The fourth-order valence-corrected chi connectivity index (χ4v) is 3.17. The molecular formula is C16H14BrClN2O. The summed E-state index contributed by atoms with van der Waals surface area (Å²) in [5, 5.41) is 6.67. The van der Waals surface area contributed by atoms with Gasteiger partial charge in [0, 0.05) is 22.4 Å². The van der Waals surface area contributed by atoms with Crippen molar-refractivity contribution in [3.05, 3.63) is 57.0 Å². The molecule has 0 fully saturated rings. The molecule has 0 saturated carbocycles. The first-order chi connectivity index (χ1) is 10.1. The lowest BCUT2D eigenvalue weighted by Crippen LogP contribution is -2.15. The molecule has 1 amide bonds. The van der Waals surface area contributed by atoms with E-state index >= 15 is 0 Å². The Kier molecular flexibility index (Phi) is 4.17. The van der Waals surface area contributed by atoms with E-state index in [1.54, 1.807) is 18.2 Å². The number of anilines is 2. The molecule has 3 nitrogen and oxygen atoms in total. The molecule has 21 heavy (non-hydrogen) atoms. The lowest BCUT2D eigenvalue weighted by molar-refractivity contribution is 0.102. The van der Waals surface area contributed by atoms with Crippen molar-refractivity contribution in [2.75, 3.05) is 17.2 Å². The third-order valence-corrected chi connectivity index (χ3v) is 4.29. The number of rotatable bonds is 2. The zero-order chi connectivity index (χ0) is 14.8. The third kappa shape index (κ3) is 3.22. The van der Waals surface area contributed by atoms with Crippen LogP contribution in [0.4, 0.5) is 11.4 Å². The van der Waals surface area contributed by atoms with E-state index in [1.807, 2.05) is 12.1 Å². The van der Waals surface area contributed by atoms with E-state index in [2.05, 4.69) is 32.6 Å². The molecule has 0 aliphatic carbocycles. The van der Waals surface area contributed by atoms with E-state index < -0.39 is 0 Å². The van der Waals surface area contributed by atoms with Gasteiger partial charge in [0.05, 0.1) is 10.6 Å². The van der Waals surface area contributed by atoms with Crippen molar-refractivity contribution in [1.29, 1.82) is 0 Å². The van der Waals surface area contributed by atoms with Crippen LogP contribution in [0, 0.1) is 0 Å². The summed E-state index contributed by atoms with van der Waals surface area (Å²) >= 11 is 9.43. The molecule has 2 aromatic rings. The van der Waals surface area contributed by atoms with E-state index in [4.69, 9.17) is 11.6 Å². The summed E-state index contributed by atoms with van der Waals surface area (Å²) < 4.78 is 0.849. The van der Waals surface area contributed by atoms with Crippen molar-refractivity contribution in [3.8, 4) is 0 Å². The van der Waals surface area contributed by atoms with Gasteiger partial charge in [-0.15, -0.1) is 0 Å². The van der Waals surface area contributed by atoms with Gasteiger partial charge in [-0.2, -0.15) is 0 Å². The summed E-state index contributed by atoms with van der Waals surface area (Å²) in [4.78, 5) is 12.3. The Morgan fingerprint density at radius 1 is 1.24 bits per heavy atom. The van der Waals surface area contributed by atoms with E-state index in [0.717, 1.165) is 35.2 Å². The van der Waals surface area contributed by atoms with Gasteiger partial charge < -0.3 is 10.6 Å². The van der Waals surface area contributed by atoms with Crippen LogP contribution in [0.3, 0.4) is 0 Å². The second kappa shape index (κ2) is 6.08. The Morgan fingerprint density at radius 2 is 2.10 bits per heavy atom. The molecule has 0 radical (unpaired) electrons. The Morgan fingerprint density at radius 3 is 2.90 bits per heavy atom. The molecular weight excluding hydrogens is 352 g/mol. The Bertz CT molecular complexity index is 703. The highest BCUT2D eigenvalue weighted by molar-refractivity contribution is 9.10. The fraction of sp³-hybridized carbons (Fsp3) is 0.188. The second-order valence-electron chi connectivity index (χ2n) is 4.98. The first-order valence-corrected chi connectivity index (χ1v) is 7.94. The topological polar surface area (TPSA) is 41.1 Å². The number of fused-ring (bicyclic) bond motifs is 1. The fourth-order valence-electron chi connectivity index (χ4n) is 2.41. The first-order valence-electron chi connectivity index (χ1n) is 6.77. The smallest absolute Gasteiger partial charge is 0.257 e. The summed E-state index contributed by atoms with van der Waals surface area (Å²) in [5.41, 5.74) is 3.62. The maximum Gasteiger partial charge on any atom is 0.257 e. The van der Waals surface area contributed by atoms with Crippen molar-refractivity contribution in [1.82, 2.24) is 0 Å². The molecule has 1 aliphatic rings. The van der Waals surface area contributed by atoms with Gasteiger partial charge in [-0.05, 0) is 48.7 Å². The van der Waals surface area contributed by atoms with Gasteiger partial charge in [-0.25, -0.2) is 0 Å². The zero-order valence-corrected chi connectivity index (χ0v) is 13.6. The monoisotopic (exact) mass is 364 g/mol. The quantitative estimate of drug-likeness (QED) is 0.809. The lowest BCUT2D eigenvalue weighted by atomic mass is 10.0. The number of carbonyl (C=O) groups is 1. The van der Waals surface area contributed by atoms with Gasteiger partial charge in [0.15, 0.2) is 0 Å². The molecule has 0 atom stereocenters. The van der Waals surface area contributed by atoms with E-state index in [1.165, 1.54) is 5.56 Å². The largest absolute Gasteiger partial charge is 0.385 e. The minimum Gasteiger partial charge on any atom is -0.385 e. The first kappa shape index (κ1) is 14.4. The van der Waals surface area contributed by atoms with E-state index in [-0.39, 0.29) is 5.91 Å². The number of aryl methyl sites for hydroxylation is 1. The number of hydrogen-bond acceptors (Lipinski definition) is 2. The molecule has 5 heteroatoms. The van der Waals surface area contributed by atoms with Crippen LogP contribution >= 0.6 is 27.5 Å². The number of benzene rings is 2. The van der Waals surface area contributed by atoms with E-state index in [0.29, 0.717) is 10.6 Å². The molecule has 108 valence electrons. The Labute approximate surface area is 136 Å². The highest BCUT2D eigenvalue weighted by Crippen LogP contribution is 2.27. The van der Waals surface area contributed by atoms with Crippen molar-refractivity contribution >= 4 is 44.8 Å². The maximum absolute atomic E-state index is 12.3. The summed E-state index contributed by atoms with van der Waals surface area (Å²) in [6.45, 7) is 0.975. The minimum atomic E-state index is -0.205. The highest BCUT2D eigenvalue weighted by atomic mass is 79.9.